The molecule has 4 rings (SSSR count). The van der Waals surface area contributed by atoms with Crippen LogP contribution < -0.4 is 4.74 Å². The predicted molar refractivity (Wildman–Crippen MR) is 91.6 cm³/mol. The van der Waals surface area contributed by atoms with Gasteiger partial charge in [0, 0.05) is 28.9 Å². The highest BCUT2D eigenvalue weighted by Crippen LogP contribution is 2.31. The molecule has 0 bridgehead atoms. The first kappa shape index (κ1) is 13.6. The van der Waals surface area contributed by atoms with Gasteiger partial charge in [-0.1, -0.05) is 18.2 Å². The summed E-state index contributed by atoms with van der Waals surface area (Å²) in [5.41, 5.74) is 4.71. The smallest absolute Gasteiger partial charge is 0.118 e. The molecule has 0 saturated carbocycles. The van der Waals surface area contributed by atoms with E-state index in [-0.39, 0.29) is 0 Å². The third-order valence-corrected chi connectivity index (χ3v) is 4.09. The van der Waals surface area contributed by atoms with Gasteiger partial charge >= 0.3 is 0 Å². The summed E-state index contributed by atoms with van der Waals surface area (Å²) in [6, 6.07) is 16.5. The van der Waals surface area contributed by atoms with Crippen molar-refractivity contribution in [3.63, 3.8) is 0 Å². The largest absolute Gasteiger partial charge is 0.497 e. The Labute approximate surface area is 134 Å². The fourth-order valence-electron chi connectivity index (χ4n) is 2.93. The predicted octanol–water partition coefficient (Wildman–Crippen LogP) is 4.09. The van der Waals surface area contributed by atoms with Gasteiger partial charge in [-0.05, 0) is 35.9 Å². The van der Waals surface area contributed by atoms with Crippen LogP contribution in [0.3, 0.4) is 0 Å². The van der Waals surface area contributed by atoms with Crippen LogP contribution in [-0.2, 0) is 6.54 Å². The van der Waals surface area contributed by atoms with Crippen molar-refractivity contribution in [2.75, 3.05) is 7.11 Å². The maximum absolute atomic E-state index is 5.26. The molecule has 0 aliphatic carbocycles. The minimum Gasteiger partial charge on any atom is -0.497 e. The number of benzene rings is 2. The van der Waals surface area contributed by atoms with Gasteiger partial charge in [-0.3, -0.25) is 0 Å². The third-order valence-electron chi connectivity index (χ3n) is 4.09. The molecule has 0 radical (unpaired) electrons. The molecule has 0 unspecified atom stereocenters. The lowest BCUT2D eigenvalue weighted by molar-refractivity contribution is 0.415. The van der Waals surface area contributed by atoms with E-state index >= 15 is 0 Å². The molecule has 0 spiro atoms. The Morgan fingerprint density at radius 2 is 1.91 bits per heavy atom. The first-order valence-corrected chi connectivity index (χ1v) is 7.55. The fraction of sp³-hybridized carbons (Fsp3) is 0.105. The van der Waals surface area contributed by atoms with Crippen molar-refractivity contribution in [3.8, 4) is 17.0 Å². The van der Waals surface area contributed by atoms with Crippen LogP contribution in [0.15, 0.2) is 67.3 Å². The number of aromatic nitrogens is 3. The molecule has 0 fully saturated rings. The SMILES string of the molecule is COc1ccc(-c2[nH]c3ccccc3c2Cn2ccnc2)cc1. The molecule has 0 aliphatic heterocycles. The second kappa shape index (κ2) is 5.65. The third kappa shape index (κ3) is 2.48. The van der Waals surface area contributed by atoms with Crippen LogP contribution in [0.5, 0.6) is 5.75 Å². The fourth-order valence-corrected chi connectivity index (χ4v) is 2.93. The summed E-state index contributed by atoms with van der Waals surface area (Å²) in [6.45, 7) is 0.783. The molecule has 2 aromatic carbocycles. The van der Waals surface area contributed by atoms with Crippen molar-refractivity contribution < 1.29 is 4.74 Å². The van der Waals surface area contributed by atoms with Gasteiger partial charge in [-0.2, -0.15) is 0 Å². The summed E-state index contributed by atoms with van der Waals surface area (Å²) < 4.78 is 7.34. The first-order chi connectivity index (χ1) is 11.3. The van der Waals surface area contributed by atoms with Gasteiger partial charge < -0.3 is 14.3 Å². The average Bonchev–Trinajstić information content (AvgIpc) is 3.24. The lowest BCUT2D eigenvalue weighted by Gasteiger charge is -2.07. The Bertz CT molecular complexity index is 921. The molecule has 0 saturated heterocycles. The maximum Gasteiger partial charge on any atom is 0.118 e. The first-order valence-electron chi connectivity index (χ1n) is 7.55. The monoisotopic (exact) mass is 303 g/mol. The van der Waals surface area contributed by atoms with Gasteiger partial charge in [-0.15, -0.1) is 0 Å². The Balaban J connectivity index is 1.86. The summed E-state index contributed by atoms with van der Waals surface area (Å²) in [7, 11) is 1.68. The quantitative estimate of drug-likeness (QED) is 0.617. The minimum absolute atomic E-state index is 0.783. The highest BCUT2D eigenvalue weighted by atomic mass is 16.5. The maximum atomic E-state index is 5.26. The van der Waals surface area contributed by atoms with E-state index < -0.39 is 0 Å². The average molecular weight is 303 g/mol. The van der Waals surface area contributed by atoms with Gasteiger partial charge in [0.05, 0.1) is 25.7 Å². The highest BCUT2D eigenvalue weighted by molar-refractivity contribution is 5.90. The highest BCUT2D eigenvalue weighted by Gasteiger charge is 2.13. The zero-order valence-electron chi connectivity index (χ0n) is 12.9. The Morgan fingerprint density at radius 3 is 2.65 bits per heavy atom. The van der Waals surface area contributed by atoms with Crippen molar-refractivity contribution in [2.45, 2.75) is 6.54 Å². The van der Waals surface area contributed by atoms with Crippen LogP contribution >= 0.6 is 0 Å². The van der Waals surface area contributed by atoms with Crippen LogP contribution in [0.25, 0.3) is 22.2 Å². The number of nitrogens with one attached hydrogen (secondary N) is 1. The Morgan fingerprint density at radius 1 is 1.09 bits per heavy atom. The summed E-state index contributed by atoms with van der Waals surface area (Å²) >= 11 is 0. The Kier molecular flexibility index (Phi) is 3.35. The summed E-state index contributed by atoms with van der Waals surface area (Å²) in [5.74, 6) is 0.862. The van der Waals surface area contributed by atoms with E-state index in [9.17, 15) is 0 Å². The Hall–Kier alpha value is -3.01. The number of rotatable bonds is 4. The number of methoxy groups -OCH3 is 1. The zero-order chi connectivity index (χ0) is 15.6. The van der Waals surface area contributed by atoms with Crippen LogP contribution in [0.2, 0.25) is 0 Å². The lowest BCUT2D eigenvalue weighted by Crippen LogP contribution is -1.97. The molecular weight excluding hydrogens is 286 g/mol. The van der Waals surface area contributed by atoms with Crippen LogP contribution in [0.1, 0.15) is 5.56 Å². The van der Waals surface area contributed by atoms with Crippen LogP contribution in [-0.4, -0.2) is 21.6 Å². The van der Waals surface area contributed by atoms with Crippen LogP contribution in [0, 0.1) is 0 Å². The van der Waals surface area contributed by atoms with E-state index in [1.54, 1.807) is 7.11 Å². The molecule has 4 aromatic rings. The molecule has 0 atom stereocenters. The van der Waals surface area contributed by atoms with Gasteiger partial charge in [0.15, 0.2) is 0 Å². The second-order valence-corrected chi connectivity index (χ2v) is 5.49. The number of fused-ring (bicyclic) bond motifs is 1. The molecule has 2 heterocycles. The number of imidazole rings is 1. The molecule has 4 heteroatoms. The number of hydrogen-bond acceptors (Lipinski definition) is 2. The number of aromatic amines is 1. The van der Waals surface area contributed by atoms with E-state index in [0.29, 0.717) is 0 Å². The molecule has 114 valence electrons. The minimum atomic E-state index is 0.783. The molecule has 0 amide bonds. The van der Waals surface area contributed by atoms with Crippen molar-refractivity contribution >= 4 is 10.9 Å². The number of nitrogens with zero attached hydrogens (tertiary/aromatic N) is 2. The van der Waals surface area contributed by atoms with E-state index in [1.165, 1.54) is 10.9 Å². The van der Waals surface area contributed by atoms with Gasteiger partial charge in [0.1, 0.15) is 5.75 Å². The van der Waals surface area contributed by atoms with Gasteiger partial charge in [-0.25, -0.2) is 4.98 Å². The molecular formula is C19H17N3O. The standard InChI is InChI=1S/C19H17N3O/c1-23-15-8-6-14(7-9-15)19-17(12-22-11-10-20-13-22)16-4-2-3-5-18(16)21-19/h2-11,13,21H,12H2,1H3. The van der Waals surface area contributed by atoms with E-state index in [4.69, 9.17) is 4.74 Å². The molecule has 4 nitrogen and oxygen atoms in total. The second-order valence-electron chi connectivity index (χ2n) is 5.49. The van der Waals surface area contributed by atoms with E-state index in [2.05, 4.69) is 50.9 Å². The number of ether oxygens (including phenoxy) is 1. The van der Waals surface area contributed by atoms with Crippen molar-refractivity contribution in [3.05, 3.63) is 72.8 Å². The van der Waals surface area contributed by atoms with Gasteiger partial charge in [0.2, 0.25) is 0 Å². The summed E-state index contributed by atoms with van der Waals surface area (Å²) in [4.78, 5) is 7.70. The normalized spacial score (nSPS) is 11.0. The van der Waals surface area contributed by atoms with E-state index in [0.717, 1.165) is 29.1 Å². The number of hydrogen-bond donors (Lipinski definition) is 1. The van der Waals surface area contributed by atoms with Crippen molar-refractivity contribution in [2.24, 2.45) is 0 Å². The number of H-pyrrole nitrogens is 1. The topological polar surface area (TPSA) is 42.8 Å². The van der Waals surface area contributed by atoms with Gasteiger partial charge in [0.25, 0.3) is 0 Å². The molecule has 23 heavy (non-hydrogen) atoms. The molecule has 1 N–H and O–H groups in total. The zero-order valence-corrected chi connectivity index (χ0v) is 12.9. The van der Waals surface area contributed by atoms with Crippen molar-refractivity contribution in [1.29, 1.82) is 0 Å². The number of para-hydroxylation sites is 1. The summed E-state index contributed by atoms with van der Waals surface area (Å²) in [6.07, 6.45) is 5.64. The van der Waals surface area contributed by atoms with E-state index in [1.807, 2.05) is 30.9 Å². The van der Waals surface area contributed by atoms with Crippen LogP contribution in [0.4, 0.5) is 0 Å². The summed E-state index contributed by atoms with van der Waals surface area (Å²) in [5, 5.41) is 1.24. The molecule has 0 aliphatic rings. The lowest BCUT2D eigenvalue weighted by atomic mass is 10.0. The van der Waals surface area contributed by atoms with Crippen molar-refractivity contribution in [1.82, 2.24) is 14.5 Å². The molecule has 2 aromatic heterocycles.